The number of hydrogen-bond acceptors (Lipinski definition) is 6. The minimum Gasteiger partial charge on any atom is -0.454 e. The number of amides is 6. The quantitative estimate of drug-likeness (QED) is 0.475. The molecule has 1 aromatic carbocycles. The summed E-state index contributed by atoms with van der Waals surface area (Å²) in [4.78, 5) is 59.5. The van der Waals surface area contributed by atoms with Crippen LogP contribution in [-0.4, -0.2) is 54.9 Å². The van der Waals surface area contributed by atoms with Crippen molar-refractivity contribution in [3.63, 3.8) is 0 Å². The van der Waals surface area contributed by atoms with Crippen molar-refractivity contribution in [1.29, 1.82) is 0 Å². The highest BCUT2D eigenvalue weighted by Crippen LogP contribution is 2.28. The first kappa shape index (κ1) is 18.9. The van der Waals surface area contributed by atoms with Gasteiger partial charge in [0.05, 0.1) is 0 Å². The Hall–Kier alpha value is -3.43. The minimum atomic E-state index is -1.30. The molecule has 0 aromatic heterocycles. The van der Waals surface area contributed by atoms with E-state index in [1.807, 2.05) is 5.32 Å². The fourth-order valence-electron chi connectivity index (χ4n) is 2.35. The number of nitrogens with one attached hydrogen (secondary N) is 3. The summed E-state index contributed by atoms with van der Waals surface area (Å²) in [6.45, 7) is 0.164. The first-order valence-corrected chi connectivity index (χ1v) is 7.64. The first-order valence-electron chi connectivity index (χ1n) is 7.64. The lowest BCUT2D eigenvalue weighted by atomic mass is 9.92. The van der Waals surface area contributed by atoms with Crippen molar-refractivity contribution in [2.45, 2.75) is 12.5 Å². The summed E-state index contributed by atoms with van der Waals surface area (Å²) in [5.74, 6) is -2.41. The zero-order valence-electron chi connectivity index (χ0n) is 14.2. The largest absolute Gasteiger partial charge is 0.454 e. The molecule has 1 aliphatic heterocycles. The lowest BCUT2D eigenvalue weighted by Crippen LogP contribution is -2.42. The molecule has 0 unspecified atom stereocenters. The molecule has 0 spiro atoms. The zero-order chi connectivity index (χ0) is 19.3. The molecule has 1 fully saturated rings. The highest BCUT2D eigenvalue weighted by molar-refractivity contribution is 6.08. The molecule has 1 aromatic rings. The normalized spacial score (nSPS) is 18.9. The van der Waals surface area contributed by atoms with E-state index >= 15 is 0 Å². The summed E-state index contributed by atoms with van der Waals surface area (Å²) in [5.41, 5.74) is -0.728. The van der Waals surface area contributed by atoms with Crippen molar-refractivity contribution in [3.05, 3.63) is 35.9 Å². The van der Waals surface area contributed by atoms with Crippen molar-refractivity contribution < 1.29 is 28.7 Å². The number of urea groups is 2. The number of carbonyl (C=O) groups excluding carboxylic acids is 5. The molecule has 0 aliphatic carbocycles. The van der Waals surface area contributed by atoms with Gasteiger partial charge in [-0.25, -0.2) is 9.59 Å². The summed E-state index contributed by atoms with van der Waals surface area (Å²) >= 11 is 0. The molecule has 26 heavy (non-hydrogen) atoms. The molecule has 0 bridgehead atoms. The summed E-state index contributed by atoms with van der Waals surface area (Å²) in [7, 11) is 1.32. The number of ether oxygens (including phenoxy) is 1. The summed E-state index contributed by atoms with van der Waals surface area (Å²) < 4.78 is 4.68. The predicted octanol–water partition coefficient (Wildman–Crippen LogP) is -0.548. The van der Waals surface area contributed by atoms with Gasteiger partial charge in [-0.3, -0.25) is 24.6 Å². The molecule has 1 saturated heterocycles. The van der Waals surface area contributed by atoms with Crippen LogP contribution < -0.4 is 16.0 Å². The fourth-order valence-corrected chi connectivity index (χ4v) is 2.35. The van der Waals surface area contributed by atoms with Gasteiger partial charge >= 0.3 is 18.0 Å². The smallest absolute Gasteiger partial charge is 0.326 e. The number of benzene rings is 1. The zero-order valence-corrected chi connectivity index (χ0v) is 14.2. The van der Waals surface area contributed by atoms with Crippen LogP contribution in [0.3, 0.4) is 0 Å². The number of carbonyl (C=O) groups is 5. The fraction of sp³-hybridized carbons (Fsp3) is 0.312. The second kappa shape index (κ2) is 7.64. The molecule has 1 aliphatic rings. The Kier molecular flexibility index (Phi) is 5.55. The van der Waals surface area contributed by atoms with E-state index in [4.69, 9.17) is 0 Å². The van der Waals surface area contributed by atoms with Gasteiger partial charge in [-0.1, -0.05) is 30.3 Å². The van der Waals surface area contributed by atoms with E-state index in [-0.39, 0.29) is 0 Å². The van der Waals surface area contributed by atoms with Crippen LogP contribution in [0.25, 0.3) is 0 Å². The third-order valence-electron chi connectivity index (χ3n) is 3.76. The van der Waals surface area contributed by atoms with E-state index in [1.54, 1.807) is 30.3 Å². The second-order valence-corrected chi connectivity index (χ2v) is 5.60. The Labute approximate surface area is 148 Å². The maximum Gasteiger partial charge on any atom is 0.326 e. The minimum absolute atomic E-state index is 0.569. The first-order chi connectivity index (χ1) is 12.3. The number of rotatable bonds is 5. The molecule has 0 radical (unpaired) electrons. The van der Waals surface area contributed by atoms with Gasteiger partial charge in [-0.2, -0.15) is 0 Å². The Morgan fingerprint density at radius 1 is 1.19 bits per heavy atom. The van der Waals surface area contributed by atoms with Crippen LogP contribution in [0.4, 0.5) is 9.59 Å². The molecule has 3 N–H and O–H groups in total. The monoisotopic (exact) mass is 362 g/mol. The standard InChI is InChI=1S/C16H18N4O6/c1-16(10-6-4-3-5-7-10)13(23)20(15(25)19-16)8-12(22)26-9-11(21)18-14(24)17-2/h3-7H,8-9H2,1-2H3,(H,19,25)(H2,17,18,21,24)/t16-/m0/s1. The summed E-state index contributed by atoms with van der Waals surface area (Å²) in [5, 5.41) is 6.61. The van der Waals surface area contributed by atoms with Crippen LogP contribution in [0.2, 0.25) is 0 Å². The molecular formula is C16H18N4O6. The molecule has 2 rings (SSSR count). The summed E-state index contributed by atoms with van der Waals surface area (Å²) in [6, 6.07) is 7.09. The van der Waals surface area contributed by atoms with Gasteiger partial charge in [0.1, 0.15) is 12.1 Å². The maximum atomic E-state index is 12.6. The Morgan fingerprint density at radius 2 is 1.85 bits per heavy atom. The van der Waals surface area contributed by atoms with Crippen molar-refractivity contribution in [2.24, 2.45) is 0 Å². The topological polar surface area (TPSA) is 134 Å². The molecule has 1 heterocycles. The van der Waals surface area contributed by atoms with Crippen molar-refractivity contribution >= 4 is 29.8 Å². The molecule has 6 amide bonds. The van der Waals surface area contributed by atoms with Gasteiger partial charge < -0.3 is 15.4 Å². The predicted molar refractivity (Wildman–Crippen MR) is 87.6 cm³/mol. The molecular weight excluding hydrogens is 344 g/mol. The van der Waals surface area contributed by atoms with E-state index < -0.39 is 48.5 Å². The van der Waals surface area contributed by atoms with Gasteiger partial charge in [0.15, 0.2) is 6.61 Å². The second-order valence-electron chi connectivity index (χ2n) is 5.60. The van der Waals surface area contributed by atoms with Crippen LogP contribution in [0.1, 0.15) is 12.5 Å². The van der Waals surface area contributed by atoms with Gasteiger partial charge in [0, 0.05) is 7.05 Å². The molecule has 1 atom stereocenters. The Morgan fingerprint density at radius 3 is 2.46 bits per heavy atom. The highest BCUT2D eigenvalue weighted by atomic mass is 16.5. The van der Waals surface area contributed by atoms with E-state index in [9.17, 15) is 24.0 Å². The van der Waals surface area contributed by atoms with E-state index in [0.29, 0.717) is 10.5 Å². The summed E-state index contributed by atoms with van der Waals surface area (Å²) in [6.07, 6.45) is 0. The van der Waals surface area contributed by atoms with Crippen molar-refractivity contribution in [2.75, 3.05) is 20.2 Å². The number of esters is 1. The Balaban J connectivity index is 1.96. The average Bonchev–Trinajstić information content (AvgIpc) is 2.84. The van der Waals surface area contributed by atoms with E-state index in [2.05, 4.69) is 15.4 Å². The highest BCUT2D eigenvalue weighted by Gasteiger charge is 2.49. The molecule has 10 nitrogen and oxygen atoms in total. The number of imide groups is 2. The van der Waals surface area contributed by atoms with Crippen LogP contribution in [0, 0.1) is 0 Å². The number of nitrogens with zero attached hydrogens (tertiary/aromatic N) is 1. The van der Waals surface area contributed by atoms with Crippen LogP contribution in [0.15, 0.2) is 30.3 Å². The van der Waals surface area contributed by atoms with E-state index in [0.717, 1.165) is 0 Å². The van der Waals surface area contributed by atoms with Crippen LogP contribution >= 0.6 is 0 Å². The third kappa shape index (κ3) is 3.97. The average molecular weight is 362 g/mol. The van der Waals surface area contributed by atoms with Gasteiger partial charge in [-0.15, -0.1) is 0 Å². The van der Waals surface area contributed by atoms with E-state index in [1.165, 1.54) is 14.0 Å². The number of hydrogen-bond donors (Lipinski definition) is 3. The van der Waals surface area contributed by atoms with Crippen molar-refractivity contribution in [3.8, 4) is 0 Å². The van der Waals surface area contributed by atoms with Gasteiger partial charge in [0.25, 0.3) is 11.8 Å². The lowest BCUT2D eigenvalue weighted by Gasteiger charge is -2.21. The maximum absolute atomic E-state index is 12.6. The van der Waals surface area contributed by atoms with Crippen molar-refractivity contribution in [1.82, 2.24) is 20.9 Å². The molecule has 10 heteroatoms. The Bertz CT molecular complexity index is 750. The molecule has 138 valence electrons. The van der Waals surface area contributed by atoms with Gasteiger partial charge in [-0.05, 0) is 12.5 Å². The SMILES string of the molecule is CNC(=O)NC(=O)COC(=O)CN1C(=O)N[C@@](C)(c2ccccc2)C1=O. The third-order valence-corrected chi connectivity index (χ3v) is 3.76. The van der Waals surface area contributed by atoms with Crippen LogP contribution in [0.5, 0.6) is 0 Å². The lowest BCUT2D eigenvalue weighted by molar-refractivity contribution is -0.150. The molecule has 0 saturated carbocycles. The van der Waals surface area contributed by atoms with Gasteiger partial charge in [0.2, 0.25) is 0 Å². The van der Waals surface area contributed by atoms with Crippen LogP contribution in [-0.2, 0) is 24.7 Å².